The number of benzene rings is 2. The van der Waals surface area contributed by atoms with E-state index in [4.69, 9.17) is 10.5 Å². The molecule has 1 heterocycles. The number of methoxy groups -OCH3 is 1. The third kappa shape index (κ3) is 3.59. The molecule has 148 valence electrons. The Morgan fingerprint density at radius 1 is 1.21 bits per heavy atom. The first kappa shape index (κ1) is 20.2. The van der Waals surface area contributed by atoms with Gasteiger partial charge in [-0.15, -0.1) is 0 Å². The Balaban J connectivity index is 2.27. The molecule has 1 unspecified atom stereocenters. The van der Waals surface area contributed by atoms with E-state index in [9.17, 15) is 14.4 Å². The van der Waals surface area contributed by atoms with E-state index < -0.39 is 17.7 Å². The molecule has 29 heavy (non-hydrogen) atoms. The second kappa shape index (κ2) is 7.80. The maximum Gasteiger partial charge on any atom is 0.336 e. The summed E-state index contributed by atoms with van der Waals surface area (Å²) in [5.41, 5.74) is 11.0. The fourth-order valence-electron chi connectivity index (χ4n) is 3.90. The smallest absolute Gasteiger partial charge is 0.336 e. The highest BCUT2D eigenvalue weighted by Gasteiger charge is 2.35. The van der Waals surface area contributed by atoms with Gasteiger partial charge in [0.05, 0.1) is 35.9 Å². The second-order valence-corrected chi connectivity index (χ2v) is 7.09. The molecule has 2 N–H and O–H groups in total. The minimum absolute atomic E-state index is 0.165. The number of carbonyl (C=O) groups is 1. The molecule has 0 aliphatic carbocycles. The van der Waals surface area contributed by atoms with Crippen LogP contribution in [0, 0.1) is 37.9 Å². The van der Waals surface area contributed by atoms with E-state index in [-0.39, 0.29) is 17.0 Å². The van der Waals surface area contributed by atoms with Gasteiger partial charge in [-0.2, -0.15) is 5.26 Å². The molecule has 0 saturated carbocycles. The number of rotatable bonds is 3. The molecular formula is C23H22FN3O2. The lowest BCUT2D eigenvalue weighted by Crippen LogP contribution is -2.33. The van der Waals surface area contributed by atoms with Crippen molar-refractivity contribution in [3.05, 3.63) is 87.6 Å². The summed E-state index contributed by atoms with van der Waals surface area (Å²) in [4.78, 5) is 14.3. The summed E-state index contributed by atoms with van der Waals surface area (Å²) in [5.74, 6) is -1.68. The fourth-order valence-corrected chi connectivity index (χ4v) is 3.90. The van der Waals surface area contributed by atoms with Gasteiger partial charge >= 0.3 is 5.97 Å². The van der Waals surface area contributed by atoms with Gasteiger partial charge in [0.25, 0.3) is 0 Å². The first-order chi connectivity index (χ1) is 13.8. The van der Waals surface area contributed by atoms with E-state index in [1.165, 1.54) is 25.3 Å². The molecule has 2 aromatic rings. The van der Waals surface area contributed by atoms with Gasteiger partial charge in [-0.25, -0.2) is 9.18 Å². The van der Waals surface area contributed by atoms with Gasteiger partial charge in [0.1, 0.15) is 11.6 Å². The fraction of sp³-hybridized carbons (Fsp3) is 0.217. The number of halogens is 1. The van der Waals surface area contributed by atoms with Crippen LogP contribution in [-0.2, 0) is 9.53 Å². The summed E-state index contributed by atoms with van der Waals surface area (Å²) in [6.07, 6.45) is 1.59. The van der Waals surface area contributed by atoms with Crippen molar-refractivity contribution >= 4 is 11.7 Å². The van der Waals surface area contributed by atoms with Crippen LogP contribution in [0.5, 0.6) is 0 Å². The van der Waals surface area contributed by atoms with Crippen LogP contribution in [0.15, 0.2) is 59.6 Å². The Kier molecular flexibility index (Phi) is 5.42. The van der Waals surface area contributed by atoms with Crippen molar-refractivity contribution < 1.29 is 13.9 Å². The standard InChI is InChI=1S/C23H22FN3O2/c1-13-8-14(2)21(15(3)9-13)27-12-19(23(28)29-4)20(18(11-25)22(27)26)16-6-5-7-17(24)10-16/h5-10,12,20H,26H2,1-4H3. The number of hydrogen-bond donors (Lipinski definition) is 1. The monoisotopic (exact) mass is 391 g/mol. The van der Waals surface area contributed by atoms with Gasteiger partial charge in [-0.3, -0.25) is 0 Å². The van der Waals surface area contributed by atoms with E-state index in [0.717, 1.165) is 22.4 Å². The van der Waals surface area contributed by atoms with Crippen molar-refractivity contribution in [1.29, 1.82) is 5.26 Å². The largest absolute Gasteiger partial charge is 0.466 e. The first-order valence-corrected chi connectivity index (χ1v) is 9.10. The number of nitrogens with zero attached hydrogens (tertiary/aromatic N) is 2. The average Bonchev–Trinajstić information content (AvgIpc) is 2.67. The average molecular weight is 391 g/mol. The van der Waals surface area contributed by atoms with E-state index >= 15 is 0 Å². The zero-order valence-electron chi connectivity index (χ0n) is 16.8. The van der Waals surface area contributed by atoms with Crippen LogP contribution < -0.4 is 10.6 Å². The Morgan fingerprint density at radius 2 is 1.86 bits per heavy atom. The topological polar surface area (TPSA) is 79.3 Å². The summed E-state index contributed by atoms with van der Waals surface area (Å²) >= 11 is 0. The predicted molar refractivity (Wildman–Crippen MR) is 109 cm³/mol. The second-order valence-electron chi connectivity index (χ2n) is 7.09. The molecule has 0 aromatic heterocycles. The van der Waals surface area contributed by atoms with Gasteiger partial charge in [-0.05, 0) is 49.6 Å². The predicted octanol–water partition coefficient (Wildman–Crippen LogP) is 4.11. The molecule has 1 aliphatic heterocycles. The van der Waals surface area contributed by atoms with Crippen LogP contribution in [0.25, 0.3) is 0 Å². The molecule has 0 fully saturated rings. The van der Waals surface area contributed by atoms with Crippen molar-refractivity contribution in [3.63, 3.8) is 0 Å². The highest BCUT2D eigenvalue weighted by molar-refractivity contribution is 5.93. The first-order valence-electron chi connectivity index (χ1n) is 9.10. The van der Waals surface area contributed by atoms with Gasteiger partial charge in [0.15, 0.2) is 0 Å². The van der Waals surface area contributed by atoms with Crippen LogP contribution in [0.2, 0.25) is 0 Å². The van der Waals surface area contributed by atoms with Crippen molar-refractivity contribution in [3.8, 4) is 6.07 Å². The summed E-state index contributed by atoms with van der Waals surface area (Å²) in [7, 11) is 1.27. The Hall–Kier alpha value is -3.59. The zero-order chi connectivity index (χ0) is 21.3. The summed E-state index contributed by atoms with van der Waals surface area (Å²) < 4.78 is 18.8. The lowest BCUT2D eigenvalue weighted by molar-refractivity contribution is -0.136. The van der Waals surface area contributed by atoms with E-state index in [2.05, 4.69) is 6.07 Å². The maximum absolute atomic E-state index is 13.9. The molecule has 5 nitrogen and oxygen atoms in total. The van der Waals surface area contributed by atoms with Crippen molar-refractivity contribution in [2.75, 3.05) is 12.0 Å². The lowest BCUT2D eigenvalue weighted by Gasteiger charge is -2.33. The van der Waals surface area contributed by atoms with Crippen LogP contribution >= 0.6 is 0 Å². The molecule has 3 rings (SSSR count). The van der Waals surface area contributed by atoms with Crippen LogP contribution in [0.1, 0.15) is 28.2 Å². The highest BCUT2D eigenvalue weighted by Crippen LogP contribution is 2.41. The maximum atomic E-state index is 13.9. The van der Waals surface area contributed by atoms with E-state index in [1.807, 2.05) is 32.9 Å². The number of aryl methyl sites for hydroxylation is 3. The quantitative estimate of drug-likeness (QED) is 0.797. The highest BCUT2D eigenvalue weighted by atomic mass is 19.1. The van der Waals surface area contributed by atoms with Gasteiger partial charge in [0.2, 0.25) is 0 Å². The summed E-state index contributed by atoms with van der Waals surface area (Å²) in [5, 5.41) is 9.89. The number of anilines is 1. The van der Waals surface area contributed by atoms with Gasteiger partial charge < -0.3 is 15.4 Å². The van der Waals surface area contributed by atoms with Crippen LogP contribution in [0.4, 0.5) is 10.1 Å². The number of ether oxygens (including phenoxy) is 1. The number of carbonyl (C=O) groups excluding carboxylic acids is 1. The summed E-state index contributed by atoms with van der Waals surface area (Å²) in [6, 6.07) is 11.9. The number of nitrogens with two attached hydrogens (primary N) is 1. The van der Waals surface area contributed by atoms with Gasteiger partial charge in [-0.1, -0.05) is 29.8 Å². The Morgan fingerprint density at radius 3 is 2.41 bits per heavy atom. The molecule has 0 saturated heterocycles. The Labute approximate surface area is 169 Å². The number of nitriles is 1. The molecule has 1 atom stereocenters. The number of hydrogen-bond acceptors (Lipinski definition) is 5. The normalized spacial score (nSPS) is 16.3. The summed E-state index contributed by atoms with van der Waals surface area (Å²) in [6.45, 7) is 5.88. The molecule has 0 amide bonds. The Bertz CT molecular complexity index is 1070. The third-order valence-electron chi connectivity index (χ3n) is 5.00. The van der Waals surface area contributed by atoms with Crippen molar-refractivity contribution in [2.24, 2.45) is 5.73 Å². The zero-order valence-corrected chi connectivity index (χ0v) is 16.8. The van der Waals surface area contributed by atoms with Gasteiger partial charge in [0, 0.05) is 6.20 Å². The lowest BCUT2D eigenvalue weighted by atomic mass is 9.83. The molecule has 1 aliphatic rings. The third-order valence-corrected chi connectivity index (χ3v) is 5.00. The van der Waals surface area contributed by atoms with E-state index in [1.54, 1.807) is 17.2 Å². The molecule has 2 aromatic carbocycles. The minimum Gasteiger partial charge on any atom is -0.466 e. The number of esters is 1. The van der Waals surface area contributed by atoms with Crippen LogP contribution in [-0.4, -0.2) is 13.1 Å². The minimum atomic E-state index is -0.814. The number of allylic oxidation sites excluding steroid dienone is 1. The molecule has 0 spiro atoms. The van der Waals surface area contributed by atoms with E-state index in [0.29, 0.717) is 5.56 Å². The van der Waals surface area contributed by atoms with Crippen molar-refractivity contribution in [1.82, 2.24) is 0 Å². The molecular weight excluding hydrogens is 369 g/mol. The SMILES string of the molecule is COC(=O)C1=CN(c2c(C)cc(C)cc2C)C(N)=C(C#N)C1c1cccc(F)c1. The van der Waals surface area contributed by atoms with Crippen LogP contribution in [0.3, 0.4) is 0 Å². The molecule has 0 radical (unpaired) electrons. The van der Waals surface area contributed by atoms with Crippen molar-refractivity contribution in [2.45, 2.75) is 26.7 Å². The molecule has 0 bridgehead atoms. The molecule has 6 heteroatoms.